The van der Waals surface area contributed by atoms with E-state index in [1.165, 1.54) is 10.4 Å². The predicted octanol–water partition coefficient (Wildman–Crippen LogP) is 3.63. The molecule has 28 heavy (non-hydrogen) atoms. The molecule has 146 valence electrons. The van der Waals surface area contributed by atoms with Crippen LogP contribution in [0, 0.1) is 6.92 Å². The molecule has 1 N–H and O–H groups in total. The molecular weight excluding hydrogens is 370 g/mol. The third-order valence-electron chi connectivity index (χ3n) is 5.49. The van der Waals surface area contributed by atoms with Crippen LogP contribution in [0.1, 0.15) is 32.6 Å². The van der Waals surface area contributed by atoms with Gasteiger partial charge in [0, 0.05) is 48.2 Å². The molecular formula is C22H25N3O2S. The third-order valence-corrected chi connectivity index (χ3v) is 6.86. The molecule has 2 amide bonds. The van der Waals surface area contributed by atoms with Crippen molar-refractivity contribution in [3.05, 3.63) is 57.4 Å². The number of amides is 2. The standard InChI is InChI=1S/C22H25N3O2S/c1-3-19-15(2)12-20(28-19)22(27)25-10-8-24(9-11-25)21(26)13-16-14-23-18-7-5-4-6-17(16)18/h4-7,12,14,23H,3,8-11,13H2,1-2H3. The maximum absolute atomic E-state index is 12.8. The number of aryl methyl sites for hydroxylation is 2. The largest absolute Gasteiger partial charge is 0.361 e. The first-order valence-corrected chi connectivity index (χ1v) is 10.6. The van der Waals surface area contributed by atoms with Gasteiger partial charge < -0.3 is 14.8 Å². The van der Waals surface area contributed by atoms with Crippen LogP contribution in [0.4, 0.5) is 0 Å². The number of nitrogens with zero attached hydrogens (tertiary/aromatic N) is 2. The Labute approximate surface area is 169 Å². The lowest BCUT2D eigenvalue weighted by Crippen LogP contribution is -2.50. The Balaban J connectivity index is 1.36. The zero-order chi connectivity index (χ0) is 19.7. The summed E-state index contributed by atoms with van der Waals surface area (Å²) in [6, 6.07) is 10.0. The Morgan fingerprint density at radius 3 is 2.54 bits per heavy atom. The van der Waals surface area contributed by atoms with Crippen molar-refractivity contribution in [1.29, 1.82) is 0 Å². The van der Waals surface area contributed by atoms with Crippen LogP contribution < -0.4 is 0 Å². The van der Waals surface area contributed by atoms with Gasteiger partial charge >= 0.3 is 0 Å². The van der Waals surface area contributed by atoms with Crippen LogP contribution in [0.25, 0.3) is 10.9 Å². The number of aromatic nitrogens is 1. The Hall–Kier alpha value is -2.60. The molecule has 0 atom stereocenters. The molecule has 1 fully saturated rings. The molecule has 0 unspecified atom stereocenters. The van der Waals surface area contributed by atoms with E-state index in [4.69, 9.17) is 0 Å². The lowest BCUT2D eigenvalue weighted by molar-refractivity contribution is -0.131. The van der Waals surface area contributed by atoms with Crippen molar-refractivity contribution in [2.75, 3.05) is 26.2 Å². The summed E-state index contributed by atoms with van der Waals surface area (Å²) in [5.41, 5.74) is 3.28. The smallest absolute Gasteiger partial charge is 0.264 e. The monoisotopic (exact) mass is 395 g/mol. The van der Waals surface area contributed by atoms with E-state index in [1.807, 2.05) is 46.3 Å². The van der Waals surface area contributed by atoms with E-state index in [0.29, 0.717) is 32.6 Å². The summed E-state index contributed by atoms with van der Waals surface area (Å²) in [7, 11) is 0. The molecule has 0 saturated carbocycles. The van der Waals surface area contributed by atoms with E-state index in [9.17, 15) is 9.59 Å². The molecule has 3 heterocycles. The van der Waals surface area contributed by atoms with E-state index in [-0.39, 0.29) is 11.8 Å². The summed E-state index contributed by atoms with van der Waals surface area (Å²) < 4.78 is 0. The van der Waals surface area contributed by atoms with Crippen LogP contribution in [0.2, 0.25) is 0 Å². The number of hydrogen-bond acceptors (Lipinski definition) is 3. The quantitative estimate of drug-likeness (QED) is 0.733. The molecule has 0 aliphatic carbocycles. The van der Waals surface area contributed by atoms with E-state index < -0.39 is 0 Å². The van der Waals surface area contributed by atoms with Gasteiger partial charge in [-0.1, -0.05) is 25.1 Å². The number of fused-ring (bicyclic) bond motifs is 1. The van der Waals surface area contributed by atoms with Crippen molar-refractivity contribution in [3.63, 3.8) is 0 Å². The molecule has 5 nitrogen and oxygen atoms in total. The van der Waals surface area contributed by atoms with Crippen LogP contribution in [-0.2, 0) is 17.6 Å². The molecule has 3 aromatic rings. The minimum absolute atomic E-state index is 0.0940. The summed E-state index contributed by atoms with van der Waals surface area (Å²) in [4.78, 5) is 34.6. The molecule has 1 aliphatic rings. The fourth-order valence-corrected chi connectivity index (χ4v) is 4.93. The zero-order valence-electron chi connectivity index (χ0n) is 16.3. The van der Waals surface area contributed by atoms with Gasteiger partial charge in [-0.15, -0.1) is 11.3 Å². The van der Waals surface area contributed by atoms with Crippen LogP contribution in [0.5, 0.6) is 0 Å². The second kappa shape index (κ2) is 7.80. The van der Waals surface area contributed by atoms with E-state index in [2.05, 4.69) is 18.8 Å². The van der Waals surface area contributed by atoms with Gasteiger partial charge in [-0.05, 0) is 36.6 Å². The Morgan fingerprint density at radius 2 is 1.82 bits per heavy atom. The van der Waals surface area contributed by atoms with Crippen LogP contribution >= 0.6 is 11.3 Å². The summed E-state index contributed by atoms with van der Waals surface area (Å²) in [5, 5.41) is 1.10. The SMILES string of the molecule is CCc1sc(C(=O)N2CCN(C(=O)Cc3c[nH]c4ccccc34)CC2)cc1C. The number of H-pyrrole nitrogens is 1. The lowest BCUT2D eigenvalue weighted by Gasteiger charge is -2.34. The molecule has 6 heteroatoms. The molecule has 1 aromatic carbocycles. The number of nitrogens with one attached hydrogen (secondary N) is 1. The van der Waals surface area contributed by atoms with Crippen molar-refractivity contribution in [2.45, 2.75) is 26.7 Å². The number of thiophene rings is 1. The Morgan fingerprint density at radius 1 is 1.11 bits per heavy atom. The highest BCUT2D eigenvalue weighted by Gasteiger charge is 2.26. The summed E-state index contributed by atoms with van der Waals surface area (Å²) in [6.07, 6.45) is 3.27. The molecule has 1 saturated heterocycles. The number of piperazine rings is 1. The van der Waals surface area contributed by atoms with Crippen LogP contribution in [0.3, 0.4) is 0 Å². The highest BCUT2D eigenvalue weighted by molar-refractivity contribution is 7.14. The number of carbonyl (C=O) groups excluding carboxylic acids is 2. The second-order valence-electron chi connectivity index (χ2n) is 7.28. The Bertz CT molecular complexity index is 1010. The average molecular weight is 396 g/mol. The summed E-state index contributed by atoms with van der Waals surface area (Å²) in [6.45, 7) is 6.56. The second-order valence-corrected chi connectivity index (χ2v) is 8.42. The van der Waals surface area contributed by atoms with Crippen LogP contribution in [0.15, 0.2) is 36.5 Å². The minimum atomic E-state index is 0.0940. The molecule has 0 bridgehead atoms. The highest BCUT2D eigenvalue weighted by Crippen LogP contribution is 2.24. The van der Waals surface area contributed by atoms with Gasteiger partial charge in [-0.25, -0.2) is 0 Å². The van der Waals surface area contributed by atoms with Crippen molar-refractivity contribution in [2.24, 2.45) is 0 Å². The molecule has 0 radical (unpaired) electrons. The van der Waals surface area contributed by atoms with Gasteiger partial charge in [-0.3, -0.25) is 9.59 Å². The van der Waals surface area contributed by atoms with Gasteiger partial charge in [-0.2, -0.15) is 0 Å². The van der Waals surface area contributed by atoms with Crippen molar-refractivity contribution in [1.82, 2.24) is 14.8 Å². The van der Waals surface area contributed by atoms with E-state index in [0.717, 1.165) is 27.8 Å². The fraction of sp³-hybridized carbons (Fsp3) is 0.364. The molecule has 2 aromatic heterocycles. The maximum atomic E-state index is 12.8. The van der Waals surface area contributed by atoms with Crippen molar-refractivity contribution >= 4 is 34.1 Å². The van der Waals surface area contributed by atoms with Gasteiger partial charge in [0.05, 0.1) is 11.3 Å². The highest BCUT2D eigenvalue weighted by atomic mass is 32.1. The minimum Gasteiger partial charge on any atom is -0.361 e. The zero-order valence-corrected chi connectivity index (χ0v) is 17.1. The van der Waals surface area contributed by atoms with Gasteiger partial charge in [0.1, 0.15) is 0 Å². The van der Waals surface area contributed by atoms with E-state index >= 15 is 0 Å². The number of para-hydroxylation sites is 1. The number of hydrogen-bond donors (Lipinski definition) is 1. The predicted molar refractivity (Wildman–Crippen MR) is 113 cm³/mol. The first-order chi connectivity index (χ1) is 13.6. The molecule has 1 aliphatic heterocycles. The first-order valence-electron chi connectivity index (χ1n) is 9.78. The van der Waals surface area contributed by atoms with Gasteiger partial charge in [0.25, 0.3) is 5.91 Å². The normalized spacial score (nSPS) is 14.6. The van der Waals surface area contributed by atoms with Crippen molar-refractivity contribution < 1.29 is 9.59 Å². The van der Waals surface area contributed by atoms with Crippen molar-refractivity contribution in [3.8, 4) is 0 Å². The van der Waals surface area contributed by atoms with E-state index in [1.54, 1.807) is 11.3 Å². The summed E-state index contributed by atoms with van der Waals surface area (Å²) in [5.74, 6) is 0.216. The van der Waals surface area contributed by atoms with Crippen LogP contribution in [-0.4, -0.2) is 52.8 Å². The number of rotatable bonds is 4. The molecule has 0 spiro atoms. The van der Waals surface area contributed by atoms with Gasteiger partial charge in [0.2, 0.25) is 5.91 Å². The number of benzene rings is 1. The fourth-order valence-electron chi connectivity index (χ4n) is 3.84. The lowest BCUT2D eigenvalue weighted by atomic mass is 10.1. The summed E-state index contributed by atoms with van der Waals surface area (Å²) >= 11 is 1.60. The third kappa shape index (κ3) is 3.56. The molecule has 4 rings (SSSR count). The first kappa shape index (κ1) is 18.7. The Kier molecular flexibility index (Phi) is 5.22. The van der Waals surface area contributed by atoms with Gasteiger partial charge in [0.15, 0.2) is 0 Å². The number of aromatic amines is 1. The maximum Gasteiger partial charge on any atom is 0.264 e. The topological polar surface area (TPSA) is 56.4 Å². The average Bonchev–Trinajstić information content (AvgIpc) is 3.31. The number of carbonyl (C=O) groups is 2.